The number of nitrogen functional groups attached to an aromatic ring is 1. The number of hydrogen-bond donors (Lipinski definition) is 3. The second-order valence-corrected chi connectivity index (χ2v) is 2.86. The highest BCUT2D eigenvalue weighted by atomic mass is 16.3. The van der Waals surface area contributed by atoms with E-state index in [1.807, 2.05) is 0 Å². The van der Waals surface area contributed by atoms with E-state index in [1.165, 1.54) is 6.26 Å². The van der Waals surface area contributed by atoms with E-state index >= 15 is 0 Å². The van der Waals surface area contributed by atoms with Gasteiger partial charge in [0.1, 0.15) is 0 Å². The summed E-state index contributed by atoms with van der Waals surface area (Å²) in [6, 6.07) is 1.76. The van der Waals surface area contributed by atoms with E-state index in [0.29, 0.717) is 6.54 Å². The molecule has 1 amide bonds. The molecule has 0 fully saturated rings. The lowest BCUT2D eigenvalue weighted by molar-refractivity contribution is 0.0941. The van der Waals surface area contributed by atoms with Crippen LogP contribution in [0.2, 0.25) is 0 Å². The summed E-state index contributed by atoms with van der Waals surface area (Å²) >= 11 is 0. The van der Waals surface area contributed by atoms with Gasteiger partial charge < -0.3 is 15.5 Å². The number of nitrogens with two attached hydrogens (primary N) is 1. The molecule has 7 nitrogen and oxygen atoms in total. The first kappa shape index (κ1) is 9.25. The largest absolute Gasteiger partial charge is 0.472 e. The van der Waals surface area contributed by atoms with Crippen LogP contribution in [0.5, 0.6) is 0 Å². The van der Waals surface area contributed by atoms with Gasteiger partial charge in [0.25, 0.3) is 5.91 Å². The Balaban J connectivity index is 1.93. The van der Waals surface area contributed by atoms with Crippen LogP contribution in [-0.2, 0) is 6.54 Å². The summed E-state index contributed by atoms with van der Waals surface area (Å²) < 4.78 is 4.85. The van der Waals surface area contributed by atoms with Gasteiger partial charge in [0.15, 0.2) is 0 Å². The van der Waals surface area contributed by atoms with Crippen molar-refractivity contribution in [2.45, 2.75) is 6.54 Å². The minimum absolute atomic E-state index is 0.0449. The van der Waals surface area contributed by atoms with Gasteiger partial charge in [-0.1, -0.05) is 0 Å². The number of H-pyrrole nitrogens is 1. The molecule has 0 aliphatic rings. The van der Waals surface area contributed by atoms with Crippen LogP contribution < -0.4 is 11.1 Å². The molecule has 0 saturated heterocycles. The van der Waals surface area contributed by atoms with E-state index in [-0.39, 0.29) is 17.7 Å². The summed E-state index contributed by atoms with van der Waals surface area (Å²) in [5.74, 6) is -0.222. The Bertz CT molecular complexity index is 447. The van der Waals surface area contributed by atoms with E-state index in [0.717, 1.165) is 5.56 Å². The van der Waals surface area contributed by atoms with Gasteiger partial charge in [0.2, 0.25) is 11.8 Å². The normalized spacial score (nSPS) is 10.1. The Morgan fingerprint density at radius 2 is 2.53 bits per heavy atom. The SMILES string of the molecule is Nc1n[nH]c(C(=O)NCc2ccoc2)n1. The molecule has 2 rings (SSSR count). The molecule has 7 heteroatoms. The van der Waals surface area contributed by atoms with Crippen LogP contribution >= 0.6 is 0 Å². The zero-order chi connectivity index (χ0) is 10.7. The zero-order valence-electron chi connectivity index (χ0n) is 7.73. The smallest absolute Gasteiger partial charge is 0.288 e. The topological polar surface area (TPSA) is 110 Å². The molecule has 78 valence electrons. The summed E-state index contributed by atoms with van der Waals surface area (Å²) in [6.45, 7) is 0.371. The Morgan fingerprint density at radius 1 is 1.67 bits per heavy atom. The number of aromatic nitrogens is 3. The standard InChI is InChI=1S/C8H9N5O2/c9-8-11-6(12-13-8)7(14)10-3-5-1-2-15-4-5/h1-2,4H,3H2,(H,10,14)(H3,9,11,12,13). The average molecular weight is 207 g/mol. The van der Waals surface area contributed by atoms with Gasteiger partial charge in [-0.15, -0.1) is 5.10 Å². The van der Waals surface area contributed by atoms with Gasteiger partial charge in [-0.2, -0.15) is 4.98 Å². The van der Waals surface area contributed by atoms with E-state index in [1.54, 1.807) is 12.3 Å². The Morgan fingerprint density at radius 3 is 3.13 bits per heavy atom. The van der Waals surface area contributed by atoms with E-state index < -0.39 is 0 Å². The fourth-order valence-electron chi connectivity index (χ4n) is 1.04. The summed E-state index contributed by atoms with van der Waals surface area (Å²) in [7, 11) is 0. The molecular formula is C8H9N5O2. The highest BCUT2D eigenvalue weighted by Crippen LogP contribution is 1.99. The maximum absolute atomic E-state index is 11.4. The molecule has 2 aromatic rings. The summed E-state index contributed by atoms with van der Waals surface area (Å²) in [4.78, 5) is 15.1. The highest BCUT2D eigenvalue weighted by Gasteiger charge is 2.09. The molecule has 2 heterocycles. The average Bonchev–Trinajstić information content (AvgIpc) is 2.84. The van der Waals surface area contributed by atoms with Crippen molar-refractivity contribution in [2.24, 2.45) is 0 Å². The molecular weight excluding hydrogens is 198 g/mol. The third kappa shape index (κ3) is 2.13. The maximum atomic E-state index is 11.4. The minimum Gasteiger partial charge on any atom is -0.472 e. The van der Waals surface area contributed by atoms with Gasteiger partial charge in [-0.05, 0) is 6.07 Å². The second-order valence-electron chi connectivity index (χ2n) is 2.86. The molecule has 0 aliphatic heterocycles. The van der Waals surface area contributed by atoms with E-state index in [4.69, 9.17) is 10.2 Å². The number of furan rings is 1. The van der Waals surface area contributed by atoms with Crippen molar-refractivity contribution in [3.63, 3.8) is 0 Å². The molecule has 0 bridgehead atoms. The second kappa shape index (κ2) is 3.82. The molecule has 0 saturated carbocycles. The van der Waals surface area contributed by atoms with Crippen molar-refractivity contribution in [3.05, 3.63) is 30.0 Å². The molecule has 0 aromatic carbocycles. The molecule has 0 radical (unpaired) electrons. The number of amides is 1. The van der Waals surface area contributed by atoms with Crippen molar-refractivity contribution >= 4 is 11.9 Å². The molecule has 0 aliphatic carbocycles. The van der Waals surface area contributed by atoms with Gasteiger partial charge >= 0.3 is 0 Å². The molecule has 15 heavy (non-hydrogen) atoms. The quantitative estimate of drug-likeness (QED) is 0.651. The number of nitrogens with one attached hydrogen (secondary N) is 2. The van der Waals surface area contributed by atoms with Crippen LogP contribution in [0.4, 0.5) is 5.95 Å². The Kier molecular flexibility index (Phi) is 2.36. The van der Waals surface area contributed by atoms with Gasteiger partial charge in [-0.25, -0.2) is 0 Å². The molecule has 2 aromatic heterocycles. The van der Waals surface area contributed by atoms with Crippen LogP contribution in [0.25, 0.3) is 0 Å². The van der Waals surface area contributed by atoms with Crippen molar-refractivity contribution in [1.29, 1.82) is 0 Å². The molecule has 0 atom stereocenters. The molecule has 4 N–H and O–H groups in total. The fraction of sp³-hybridized carbons (Fsp3) is 0.125. The Labute approximate surface area is 84.7 Å². The number of nitrogens with zero attached hydrogens (tertiary/aromatic N) is 2. The summed E-state index contributed by atoms with van der Waals surface area (Å²) in [5, 5.41) is 8.59. The number of aromatic amines is 1. The third-order valence-electron chi connectivity index (χ3n) is 1.75. The van der Waals surface area contributed by atoms with Crippen molar-refractivity contribution in [2.75, 3.05) is 5.73 Å². The molecule has 0 unspecified atom stereocenters. The maximum Gasteiger partial charge on any atom is 0.288 e. The Hall–Kier alpha value is -2.31. The van der Waals surface area contributed by atoms with Crippen molar-refractivity contribution in [3.8, 4) is 0 Å². The number of rotatable bonds is 3. The first-order chi connectivity index (χ1) is 7.25. The predicted octanol–water partition coefficient (Wildman–Crippen LogP) is -0.0901. The number of carbonyl (C=O) groups excluding carboxylic acids is 1. The highest BCUT2D eigenvalue weighted by molar-refractivity contribution is 5.90. The first-order valence-corrected chi connectivity index (χ1v) is 4.23. The fourth-order valence-corrected chi connectivity index (χ4v) is 1.04. The van der Waals surface area contributed by atoms with Gasteiger partial charge in [0.05, 0.1) is 12.5 Å². The van der Waals surface area contributed by atoms with Crippen LogP contribution in [-0.4, -0.2) is 21.1 Å². The van der Waals surface area contributed by atoms with Gasteiger partial charge in [0, 0.05) is 12.1 Å². The first-order valence-electron chi connectivity index (χ1n) is 4.23. The summed E-state index contributed by atoms with van der Waals surface area (Å²) in [5.41, 5.74) is 6.13. The number of carbonyl (C=O) groups is 1. The van der Waals surface area contributed by atoms with E-state index in [9.17, 15) is 4.79 Å². The number of anilines is 1. The molecule has 0 spiro atoms. The minimum atomic E-state index is -0.361. The lowest BCUT2D eigenvalue weighted by Gasteiger charge is -1.98. The van der Waals surface area contributed by atoms with Crippen molar-refractivity contribution in [1.82, 2.24) is 20.5 Å². The van der Waals surface area contributed by atoms with Crippen LogP contribution in [0.1, 0.15) is 16.2 Å². The monoisotopic (exact) mass is 207 g/mol. The van der Waals surface area contributed by atoms with Crippen LogP contribution in [0.3, 0.4) is 0 Å². The van der Waals surface area contributed by atoms with Gasteiger partial charge in [-0.3, -0.25) is 9.89 Å². The van der Waals surface area contributed by atoms with E-state index in [2.05, 4.69) is 20.5 Å². The zero-order valence-corrected chi connectivity index (χ0v) is 7.73. The van der Waals surface area contributed by atoms with Crippen molar-refractivity contribution < 1.29 is 9.21 Å². The summed E-state index contributed by atoms with van der Waals surface area (Å²) in [6.07, 6.45) is 3.09. The lowest BCUT2D eigenvalue weighted by atomic mass is 10.3. The van der Waals surface area contributed by atoms with Crippen LogP contribution in [0, 0.1) is 0 Å². The van der Waals surface area contributed by atoms with Crippen LogP contribution in [0.15, 0.2) is 23.0 Å². The predicted molar refractivity (Wildman–Crippen MR) is 50.7 cm³/mol. The third-order valence-corrected chi connectivity index (χ3v) is 1.75. The lowest BCUT2D eigenvalue weighted by Crippen LogP contribution is -2.23. The number of hydrogen-bond acceptors (Lipinski definition) is 5.